The Labute approximate surface area is 186 Å². The molecule has 1 aromatic heterocycles. The minimum atomic E-state index is -0.280. The molecule has 0 fully saturated rings. The molecule has 1 unspecified atom stereocenters. The van der Waals surface area contributed by atoms with Gasteiger partial charge in [-0.3, -0.25) is 19.3 Å². The summed E-state index contributed by atoms with van der Waals surface area (Å²) in [5, 5.41) is 3.16. The maximum absolute atomic E-state index is 12.8. The largest absolute Gasteiger partial charge is 0.348 e. The number of amides is 3. The van der Waals surface area contributed by atoms with Gasteiger partial charge in [0.2, 0.25) is 5.91 Å². The van der Waals surface area contributed by atoms with Crippen LogP contribution < -0.4 is 5.32 Å². The molecular formula is C25H24N4O3. The first-order chi connectivity index (χ1) is 15.6. The molecule has 0 radical (unpaired) electrons. The number of hydrogen-bond acceptors (Lipinski definition) is 4. The van der Waals surface area contributed by atoms with Crippen molar-refractivity contribution < 1.29 is 14.4 Å². The van der Waals surface area contributed by atoms with E-state index in [4.69, 9.17) is 0 Å². The Kier molecular flexibility index (Phi) is 5.31. The molecule has 0 saturated heterocycles. The van der Waals surface area contributed by atoms with Crippen LogP contribution in [0.3, 0.4) is 0 Å². The van der Waals surface area contributed by atoms with Gasteiger partial charge in [-0.25, -0.2) is 4.98 Å². The molecule has 5 rings (SSSR count). The standard InChI is InChI=1S/C25H24N4O3/c30-23(27-21-11-5-7-17-6-1-2-8-18(17)21)16-28-15-13-26-22(28)12-14-29-24(31)19-9-3-4-10-20(19)25(29)32/h1-4,6,8-10,13,15,21H,5,7,11-12,14,16H2,(H,27,30). The van der Waals surface area contributed by atoms with Crippen molar-refractivity contribution in [2.75, 3.05) is 6.54 Å². The minimum Gasteiger partial charge on any atom is -0.348 e. The van der Waals surface area contributed by atoms with Crippen molar-refractivity contribution in [3.8, 4) is 0 Å². The van der Waals surface area contributed by atoms with E-state index in [1.54, 1.807) is 41.2 Å². The smallest absolute Gasteiger partial charge is 0.261 e. The van der Waals surface area contributed by atoms with E-state index in [2.05, 4.69) is 22.4 Å². The topological polar surface area (TPSA) is 84.3 Å². The second-order valence-corrected chi connectivity index (χ2v) is 8.24. The Hall–Kier alpha value is -3.74. The summed E-state index contributed by atoms with van der Waals surface area (Å²) in [5.74, 6) is 0.0299. The minimum absolute atomic E-state index is 0.0257. The highest BCUT2D eigenvalue weighted by Gasteiger charge is 2.34. The Balaban J connectivity index is 1.22. The van der Waals surface area contributed by atoms with Crippen LogP contribution in [0.2, 0.25) is 0 Å². The Bertz CT molecular complexity index is 1160. The Morgan fingerprint density at radius 1 is 1.03 bits per heavy atom. The highest BCUT2D eigenvalue weighted by Crippen LogP contribution is 2.29. The third kappa shape index (κ3) is 3.70. The molecule has 1 atom stereocenters. The van der Waals surface area contributed by atoms with E-state index in [1.807, 2.05) is 12.1 Å². The van der Waals surface area contributed by atoms with Gasteiger partial charge in [-0.1, -0.05) is 36.4 Å². The fraction of sp³-hybridized carbons (Fsp3) is 0.280. The lowest BCUT2D eigenvalue weighted by atomic mass is 9.88. The molecule has 0 spiro atoms. The summed E-state index contributed by atoms with van der Waals surface area (Å²) in [5.41, 5.74) is 3.37. The number of benzene rings is 2. The molecule has 2 aromatic carbocycles. The molecule has 162 valence electrons. The fourth-order valence-corrected chi connectivity index (χ4v) is 4.66. The van der Waals surface area contributed by atoms with Gasteiger partial charge in [0.05, 0.1) is 17.2 Å². The van der Waals surface area contributed by atoms with E-state index >= 15 is 0 Å². The fourth-order valence-electron chi connectivity index (χ4n) is 4.66. The highest BCUT2D eigenvalue weighted by atomic mass is 16.2. The number of carbonyl (C=O) groups excluding carboxylic acids is 3. The number of nitrogens with one attached hydrogen (secondary N) is 1. The van der Waals surface area contributed by atoms with Crippen molar-refractivity contribution >= 4 is 17.7 Å². The van der Waals surface area contributed by atoms with Gasteiger partial charge in [-0.05, 0) is 42.5 Å². The van der Waals surface area contributed by atoms with E-state index in [9.17, 15) is 14.4 Å². The number of carbonyl (C=O) groups is 3. The third-order valence-electron chi connectivity index (χ3n) is 6.26. The zero-order valence-electron chi connectivity index (χ0n) is 17.7. The lowest BCUT2D eigenvalue weighted by Crippen LogP contribution is -2.34. The summed E-state index contributed by atoms with van der Waals surface area (Å²) in [6.07, 6.45) is 6.81. The zero-order valence-corrected chi connectivity index (χ0v) is 17.7. The number of nitrogens with zero attached hydrogens (tertiary/aromatic N) is 3. The second kappa shape index (κ2) is 8.42. The van der Waals surface area contributed by atoms with Crippen molar-refractivity contribution in [1.82, 2.24) is 19.8 Å². The van der Waals surface area contributed by atoms with Crippen LogP contribution in [0.1, 0.15) is 56.6 Å². The Morgan fingerprint density at radius 2 is 1.75 bits per heavy atom. The quantitative estimate of drug-likeness (QED) is 0.612. The summed E-state index contributed by atoms with van der Waals surface area (Å²) in [6.45, 7) is 0.372. The van der Waals surface area contributed by atoms with Gasteiger partial charge >= 0.3 is 0 Å². The first kappa shape index (κ1) is 20.2. The molecular weight excluding hydrogens is 404 g/mol. The van der Waals surface area contributed by atoms with Crippen LogP contribution in [0.15, 0.2) is 60.9 Å². The molecule has 1 aliphatic carbocycles. The van der Waals surface area contributed by atoms with Gasteiger partial charge in [0.25, 0.3) is 11.8 Å². The summed E-state index contributed by atoms with van der Waals surface area (Å²) in [4.78, 5) is 43.5. The molecule has 3 aromatic rings. The molecule has 7 heteroatoms. The van der Waals surface area contributed by atoms with E-state index in [-0.39, 0.29) is 36.9 Å². The maximum atomic E-state index is 12.8. The lowest BCUT2D eigenvalue weighted by Gasteiger charge is -2.26. The average molecular weight is 428 g/mol. The molecule has 2 heterocycles. The molecule has 2 aliphatic rings. The first-order valence-electron chi connectivity index (χ1n) is 10.9. The number of imide groups is 1. The number of aryl methyl sites for hydroxylation is 1. The van der Waals surface area contributed by atoms with Crippen molar-refractivity contribution in [2.45, 2.75) is 38.3 Å². The second-order valence-electron chi connectivity index (χ2n) is 8.24. The van der Waals surface area contributed by atoms with Crippen molar-refractivity contribution in [1.29, 1.82) is 0 Å². The van der Waals surface area contributed by atoms with Gasteiger partial charge < -0.3 is 9.88 Å². The highest BCUT2D eigenvalue weighted by molar-refractivity contribution is 6.21. The van der Waals surface area contributed by atoms with E-state index in [0.29, 0.717) is 23.4 Å². The van der Waals surface area contributed by atoms with Crippen LogP contribution >= 0.6 is 0 Å². The molecule has 0 bridgehead atoms. The zero-order chi connectivity index (χ0) is 22.1. The van der Waals surface area contributed by atoms with Crippen LogP contribution in [0, 0.1) is 0 Å². The maximum Gasteiger partial charge on any atom is 0.261 e. The van der Waals surface area contributed by atoms with Crippen LogP contribution in [0.25, 0.3) is 0 Å². The predicted octanol–water partition coefficient (Wildman–Crippen LogP) is 2.92. The molecule has 1 aliphatic heterocycles. The number of rotatable bonds is 6. The molecule has 0 saturated carbocycles. The van der Waals surface area contributed by atoms with Crippen LogP contribution in [-0.4, -0.2) is 38.7 Å². The normalized spacial score (nSPS) is 17.2. The first-order valence-corrected chi connectivity index (χ1v) is 10.9. The number of imidazole rings is 1. The third-order valence-corrected chi connectivity index (χ3v) is 6.26. The van der Waals surface area contributed by atoms with Crippen LogP contribution in [-0.2, 0) is 24.2 Å². The van der Waals surface area contributed by atoms with E-state index in [1.165, 1.54) is 16.0 Å². The lowest BCUT2D eigenvalue weighted by molar-refractivity contribution is -0.122. The van der Waals surface area contributed by atoms with E-state index in [0.717, 1.165) is 19.3 Å². The number of fused-ring (bicyclic) bond motifs is 2. The Morgan fingerprint density at radius 3 is 2.53 bits per heavy atom. The van der Waals surface area contributed by atoms with Crippen molar-refractivity contribution in [2.24, 2.45) is 0 Å². The molecule has 32 heavy (non-hydrogen) atoms. The average Bonchev–Trinajstić information content (AvgIpc) is 3.35. The van der Waals surface area contributed by atoms with Gasteiger partial charge in [-0.15, -0.1) is 0 Å². The summed E-state index contributed by atoms with van der Waals surface area (Å²) < 4.78 is 1.78. The van der Waals surface area contributed by atoms with Gasteiger partial charge in [0, 0.05) is 25.4 Å². The van der Waals surface area contributed by atoms with Gasteiger partial charge in [-0.2, -0.15) is 0 Å². The number of aromatic nitrogens is 2. The summed E-state index contributed by atoms with van der Waals surface area (Å²) in [7, 11) is 0. The van der Waals surface area contributed by atoms with Crippen LogP contribution in [0.5, 0.6) is 0 Å². The van der Waals surface area contributed by atoms with Gasteiger partial charge in [0.15, 0.2) is 0 Å². The molecule has 1 N–H and O–H groups in total. The monoisotopic (exact) mass is 428 g/mol. The number of hydrogen-bond donors (Lipinski definition) is 1. The molecule has 7 nitrogen and oxygen atoms in total. The summed E-state index contributed by atoms with van der Waals surface area (Å²) in [6, 6.07) is 15.1. The molecule has 3 amide bonds. The van der Waals surface area contributed by atoms with Gasteiger partial charge in [0.1, 0.15) is 12.4 Å². The van der Waals surface area contributed by atoms with Crippen LogP contribution in [0.4, 0.5) is 0 Å². The predicted molar refractivity (Wildman–Crippen MR) is 118 cm³/mol. The van der Waals surface area contributed by atoms with E-state index < -0.39 is 0 Å². The van der Waals surface area contributed by atoms with Crippen molar-refractivity contribution in [3.63, 3.8) is 0 Å². The SMILES string of the molecule is O=C(Cn1ccnc1CCN1C(=O)c2ccccc2C1=O)NC1CCCc2ccccc21. The van der Waals surface area contributed by atoms with Crippen molar-refractivity contribution in [3.05, 3.63) is 89.0 Å². The summed E-state index contributed by atoms with van der Waals surface area (Å²) >= 11 is 0.